The molecule has 2 rings (SSSR count). The predicted octanol–water partition coefficient (Wildman–Crippen LogP) is 2.07. The third-order valence-electron chi connectivity index (χ3n) is 2.79. The molecule has 126 valence electrons. The largest absolute Gasteiger partial charge is 0.484 e. The second-order valence-electron chi connectivity index (χ2n) is 4.63. The standard InChI is InChI=1S/C15H14BrN3O4S/c1-9-7-10(4-5-11(9)16)23-8-13(20)18-19-15(24)17-14(21)12-3-2-6-22-12/h2-7H,8H2,1H3,(H,18,20)(H2,17,19,21,24). The van der Waals surface area contributed by atoms with Crippen LogP contribution in [0, 0.1) is 6.92 Å². The van der Waals surface area contributed by atoms with E-state index in [0.717, 1.165) is 10.0 Å². The highest BCUT2D eigenvalue weighted by molar-refractivity contribution is 9.10. The lowest BCUT2D eigenvalue weighted by Gasteiger charge is -2.11. The zero-order chi connectivity index (χ0) is 17.5. The molecule has 0 saturated carbocycles. The molecule has 0 unspecified atom stereocenters. The van der Waals surface area contributed by atoms with Crippen LogP contribution < -0.4 is 20.9 Å². The van der Waals surface area contributed by atoms with E-state index in [2.05, 4.69) is 32.1 Å². The maximum Gasteiger partial charge on any atom is 0.293 e. The van der Waals surface area contributed by atoms with Crippen LogP contribution in [0.15, 0.2) is 45.5 Å². The van der Waals surface area contributed by atoms with Crippen LogP contribution in [0.5, 0.6) is 5.75 Å². The molecule has 7 nitrogen and oxygen atoms in total. The summed E-state index contributed by atoms with van der Waals surface area (Å²) in [4.78, 5) is 23.3. The molecule has 0 atom stereocenters. The van der Waals surface area contributed by atoms with E-state index in [1.807, 2.05) is 13.0 Å². The van der Waals surface area contributed by atoms with Gasteiger partial charge in [-0.05, 0) is 55.0 Å². The van der Waals surface area contributed by atoms with Gasteiger partial charge in [0.1, 0.15) is 5.75 Å². The van der Waals surface area contributed by atoms with Crippen molar-refractivity contribution in [1.82, 2.24) is 16.2 Å². The van der Waals surface area contributed by atoms with E-state index in [4.69, 9.17) is 21.4 Å². The summed E-state index contributed by atoms with van der Waals surface area (Å²) in [7, 11) is 0. The van der Waals surface area contributed by atoms with Gasteiger partial charge in [-0.3, -0.25) is 25.8 Å². The molecule has 3 N–H and O–H groups in total. The van der Waals surface area contributed by atoms with Crippen LogP contribution in [0.2, 0.25) is 0 Å². The van der Waals surface area contributed by atoms with E-state index in [0.29, 0.717) is 5.75 Å². The molecule has 1 aromatic carbocycles. The second kappa shape index (κ2) is 8.46. The molecule has 0 spiro atoms. The number of ether oxygens (including phenoxy) is 1. The number of benzene rings is 1. The molecule has 2 amide bonds. The van der Waals surface area contributed by atoms with Gasteiger partial charge in [0, 0.05) is 4.47 Å². The molecule has 0 fully saturated rings. The lowest BCUT2D eigenvalue weighted by Crippen LogP contribution is -2.49. The van der Waals surface area contributed by atoms with Crippen molar-refractivity contribution in [3.05, 3.63) is 52.4 Å². The first-order valence-electron chi connectivity index (χ1n) is 6.78. The van der Waals surface area contributed by atoms with Gasteiger partial charge < -0.3 is 9.15 Å². The van der Waals surface area contributed by atoms with E-state index in [9.17, 15) is 9.59 Å². The van der Waals surface area contributed by atoms with Crippen LogP contribution in [0.4, 0.5) is 0 Å². The van der Waals surface area contributed by atoms with Gasteiger partial charge in [-0.1, -0.05) is 15.9 Å². The van der Waals surface area contributed by atoms with Crippen molar-refractivity contribution >= 4 is 45.1 Å². The summed E-state index contributed by atoms with van der Waals surface area (Å²) in [5.74, 6) is -0.294. The number of amides is 2. The van der Waals surface area contributed by atoms with Crippen LogP contribution in [-0.4, -0.2) is 23.5 Å². The Bertz CT molecular complexity index is 749. The zero-order valence-corrected chi connectivity index (χ0v) is 15.0. The fraction of sp³-hybridized carbons (Fsp3) is 0.133. The first-order valence-corrected chi connectivity index (χ1v) is 7.98. The van der Waals surface area contributed by atoms with Gasteiger partial charge in [0.25, 0.3) is 11.8 Å². The summed E-state index contributed by atoms with van der Waals surface area (Å²) in [6.45, 7) is 1.71. The molecule has 0 aliphatic heterocycles. The summed E-state index contributed by atoms with van der Waals surface area (Å²) >= 11 is 8.27. The van der Waals surface area contributed by atoms with Crippen LogP contribution >= 0.6 is 28.1 Å². The summed E-state index contributed by atoms with van der Waals surface area (Å²) in [6, 6.07) is 8.45. The highest BCUT2D eigenvalue weighted by atomic mass is 79.9. The Morgan fingerprint density at radius 1 is 1.29 bits per heavy atom. The summed E-state index contributed by atoms with van der Waals surface area (Å²) in [5, 5.41) is 2.29. The Balaban J connectivity index is 1.71. The third kappa shape index (κ3) is 5.36. The Morgan fingerprint density at radius 2 is 2.08 bits per heavy atom. The number of aryl methyl sites for hydroxylation is 1. The monoisotopic (exact) mass is 411 g/mol. The number of hydrogen-bond donors (Lipinski definition) is 3. The van der Waals surface area contributed by atoms with Crippen LogP contribution in [0.25, 0.3) is 0 Å². The van der Waals surface area contributed by atoms with Crippen molar-refractivity contribution in [2.24, 2.45) is 0 Å². The van der Waals surface area contributed by atoms with Crippen molar-refractivity contribution < 1.29 is 18.7 Å². The Morgan fingerprint density at radius 3 is 2.75 bits per heavy atom. The fourth-order valence-electron chi connectivity index (χ4n) is 1.62. The second-order valence-corrected chi connectivity index (χ2v) is 5.90. The van der Waals surface area contributed by atoms with E-state index in [1.165, 1.54) is 12.3 Å². The fourth-order valence-corrected chi connectivity index (χ4v) is 2.01. The SMILES string of the molecule is Cc1cc(OCC(=O)NNC(=S)NC(=O)c2ccco2)ccc1Br. The number of hydrogen-bond acceptors (Lipinski definition) is 5. The van der Waals surface area contributed by atoms with Gasteiger partial charge in [0.05, 0.1) is 6.26 Å². The van der Waals surface area contributed by atoms with E-state index < -0.39 is 11.8 Å². The highest BCUT2D eigenvalue weighted by Crippen LogP contribution is 2.21. The number of halogens is 1. The summed E-state index contributed by atoms with van der Waals surface area (Å²) in [5.41, 5.74) is 5.72. The highest BCUT2D eigenvalue weighted by Gasteiger charge is 2.11. The van der Waals surface area contributed by atoms with Gasteiger partial charge in [-0.2, -0.15) is 0 Å². The maximum absolute atomic E-state index is 11.7. The van der Waals surface area contributed by atoms with Gasteiger partial charge in [0.15, 0.2) is 17.5 Å². The number of furan rings is 1. The quantitative estimate of drug-likeness (QED) is 0.526. The summed E-state index contributed by atoms with van der Waals surface area (Å²) in [6.07, 6.45) is 1.37. The molecule has 0 saturated heterocycles. The van der Waals surface area contributed by atoms with Crippen molar-refractivity contribution in [1.29, 1.82) is 0 Å². The molecule has 1 heterocycles. The molecule has 0 bridgehead atoms. The average Bonchev–Trinajstić information content (AvgIpc) is 3.08. The topological polar surface area (TPSA) is 92.6 Å². The molecule has 2 aromatic rings. The number of nitrogens with one attached hydrogen (secondary N) is 3. The zero-order valence-electron chi connectivity index (χ0n) is 12.6. The van der Waals surface area contributed by atoms with Crippen molar-refractivity contribution in [3.63, 3.8) is 0 Å². The minimum absolute atomic E-state index is 0.0655. The van der Waals surface area contributed by atoms with E-state index in [-0.39, 0.29) is 17.5 Å². The van der Waals surface area contributed by atoms with Gasteiger partial charge in [-0.25, -0.2) is 0 Å². The van der Waals surface area contributed by atoms with E-state index >= 15 is 0 Å². The molecule has 1 aromatic heterocycles. The Labute approximate surface area is 151 Å². The molecular weight excluding hydrogens is 398 g/mol. The minimum Gasteiger partial charge on any atom is -0.484 e. The maximum atomic E-state index is 11.7. The van der Waals surface area contributed by atoms with Crippen LogP contribution in [-0.2, 0) is 4.79 Å². The molecule has 0 aliphatic rings. The van der Waals surface area contributed by atoms with Crippen molar-refractivity contribution in [2.45, 2.75) is 6.92 Å². The predicted molar refractivity (Wildman–Crippen MR) is 94.4 cm³/mol. The number of rotatable bonds is 4. The number of carbonyl (C=O) groups excluding carboxylic acids is 2. The minimum atomic E-state index is -0.520. The van der Waals surface area contributed by atoms with E-state index in [1.54, 1.807) is 18.2 Å². The van der Waals surface area contributed by atoms with Crippen LogP contribution in [0.3, 0.4) is 0 Å². The average molecular weight is 412 g/mol. The summed E-state index contributed by atoms with van der Waals surface area (Å²) < 4.78 is 11.2. The normalized spacial score (nSPS) is 9.92. The molecule has 24 heavy (non-hydrogen) atoms. The van der Waals surface area contributed by atoms with Crippen LogP contribution in [0.1, 0.15) is 16.1 Å². The molecule has 9 heteroatoms. The number of carbonyl (C=O) groups is 2. The first kappa shape index (κ1) is 18.0. The third-order valence-corrected chi connectivity index (χ3v) is 3.88. The Hall–Kier alpha value is -2.39. The number of thiocarbonyl (C=S) groups is 1. The van der Waals surface area contributed by atoms with Gasteiger partial charge in [-0.15, -0.1) is 0 Å². The van der Waals surface area contributed by atoms with Gasteiger partial charge >= 0.3 is 0 Å². The van der Waals surface area contributed by atoms with Crippen molar-refractivity contribution in [2.75, 3.05) is 6.61 Å². The molecule has 0 aliphatic carbocycles. The molecular formula is C15H14BrN3O4S. The number of hydrazine groups is 1. The lowest BCUT2D eigenvalue weighted by molar-refractivity contribution is -0.123. The van der Waals surface area contributed by atoms with Gasteiger partial charge in [0.2, 0.25) is 0 Å². The lowest BCUT2D eigenvalue weighted by atomic mass is 10.2. The smallest absolute Gasteiger partial charge is 0.293 e. The van der Waals surface area contributed by atoms with Crippen molar-refractivity contribution in [3.8, 4) is 5.75 Å². The Kier molecular flexibility index (Phi) is 6.33. The first-order chi connectivity index (χ1) is 11.5. The molecule has 0 radical (unpaired) electrons.